The van der Waals surface area contributed by atoms with Gasteiger partial charge in [-0.15, -0.1) is 0 Å². The van der Waals surface area contributed by atoms with Gasteiger partial charge in [0.1, 0.15) is 42.1 Å². The fourth-order valence-electron chi connectivity index (χ4n) is 9.93. The number of rotatable bonds is 12. The number of nitrogens with one attached hydrogen (secondary N) is 2. The van der Waals surface area contributed by atoms with Gasteiger partial charge in [0, 0.05) is 102 Å². The third-order valence-corrected chi connectivity index (χ3v) is 14.4. The molecule has 6 aromatic rings. The first kappa shape index (κ1) is 54.0. The fourth-order valence-corrected chi connectivity index (χ4v) is 10.1. The molecule has 400 valence electrons. The highest BCUT2D eigenvalue weighted by Crippen LogP contribution is 2.34. The maximum atomic E-state index is 12.6. The van der Waals surface area contributed by atoms with Crippen LogP contribution in [0.25, 0.3) is 45.1 Å². The van der Waals surface area contributed by atoms with Crippen LogP contribution in [-0.4, -0.2) is 132 Å². The number of hydrogen-bond donors (Lipinski definition) is 2. The Bertz CT molecular complexity index is 2890. The lowest BCUT2D eigenvalue weighted by Crippen LogP contribution is -2.40. The van der Waals surface area contributed by atoms with Gasteiger partial charge in [0.25, 0.3) is 0 Å². The summed E-state index contributed by atoms with van der Waals surface area (Å²) in [5.41, 5.74) is 6.22. The van der Waals surface area contributed by atoms with E-state index in [1.165, 1.54) is 12.7 Å². The van der Waals surface area contributed by atoms with E-state index < -0.39 is 11.7 Å². The number of hydrogen-bond acceptors (Lipinski definition) is 16. The minimum Gasteiger partial charge on any atom is -0.473 e. The first-order valence-electron chi connectivity index (χ1n) is 25.9. The largest absolute Gasteiger partial charge is 0.473 e. The summed E-state index contributed by atoms with van der Waals surface area (Å²) in [5, 5.41) is 14.8. The Kier molecular flexibility index (Phi) is 17.5. The zero-order valence-corrected chi connectivity index (χ0v) is 44.9. The quantitative estimate of drug-likeness (QED) is 0.118. The van der Waals surface area contributed by atoms with E-state index in [1.54, 1.807) is 0 Å². The first-order chi connectivity index (χ1) is 35.5. The third kappa shape index (κ3) is 12.8. The maximum Gasteiger partial charge on any atom is 0.407 e. The van der Waals surface area contributed by atoms with Gasteiger partial charge in [0.2, 0.25) is 22.9 Å². The molecule has 2 saturated carbocycles. The van der Waals surface area contributed by atoms with E-state index in [4.69, 9.17) is 45.3 Å². The van der Waals surface area contributed by atoms with Gasteiger partial charge >= 0.3 is 6.09 Å². The summed E-state index contributed by atoms with van der Waals surface area (Å²) >= 11 is 5.26. The standard InChI is InChI=1S/C23H31N7O3.C22H31N7O3.C6H9ClO2/c1-4-30-14(2)18(12-26-30)20-28-19-21(29(20)3)24-13-25-23(19)33-17-6-5-16(11-17)27-22(31)15-7-9-32-10-8-15;1-7-29-13(2)16(11-25-29)18-27-17-19(28(18)6)23-12-24-20(17)31-15-9-8-14(10-15)26-21(30)32-22(3,4)5;7-6(8)5-1-3-9-4-2-5/h12-13,15-17H,4-11H2,1-3H3,(H,27,31);11-12,14-15H,7-10H2,1-6H3,(H,26,30);5H,1-4H2. The molecule has 4 aliphatic rings. The van der Waals surface area contributed by atoms with Crippen LogP contribution in [0.4, 0.5) is 4.79 Å². The summed E-state index contributed by atoms with van der Waals surface area (Å²) in [6.07, 6.45) is 14.3. The van der Waals surface area contributed by atoms with Crippen LogP contribution in [0.1, 0.15) is 110 Å². The number of amides is 2. The summed E-state index contributed by atoms with van der Waals surface area (Å²) in [5.74, 6) is 2.78. The SMILES string of the molecule is CCn1ncc(-c2nc3c(OC4CCC(NC(=O)C5CCOCC5)C4)ncnc3n2C)c1C.CCn1ncc(-c2nc3c(OC4CCC(NC(=O)OC(C)(C)C)C4)ncnc3n2C)c1C.O=C(Cl)C1CCOCC1. The van der Waals surface area contributed by atoms with Crippen molar-refractivity contribution in [2.75, 3.05) is 26.4 Å². The second kappa shape index (κ2) is 24.0. The second-order valence-corrected chi connectivity index (χ2v) is 20.7. The van der Waals surface area contributed by atoms with Crippen molar-refractivity contribution in [3.63, 3.8) is 0 Å². The van der Waals surface area contributed by atoms with E-state index >= 15 is 0 Å². The number of fused-ring (bicyclic) bond motifs is 2. The van der Waals surface area contributed by atoms with Crippen molar-refractivity contribution < 1.29 is 38.1 Å². The molecule has 2 aliphatic heterocycles. The van der Waals surface area contributed by atoms with Crippen LogP contribution >= 0.6 is 11.6 Å². The number of alkyl carbamates (subject to hydrolysis) is 1. The van der Waals surface area contributed by atoms with E-state index in [1.807, 2.05) is 79.6 Å². The number of halogens is 1. The summed E-state index contributed by atoms with van der Waals surface area (Å²) in [7, 11) is 3.88. The van der Waals surface area contributed by atoms with Crippen LogP contribution in [0.5, 0.6) is 11.8 Å². The Labute approximate surface area is 436 Å². The second-order valence-electron chi connectivity index (χ2n) is 20.3. The normalized spacial score (nSPS) is 20.4. The van der Waals surface area contributed by atoms with E-state index in [2.05, 4.69) is 54.6 Å². The van der Waals surface area contributed by atoms with E-state index in [0.717, 1.165) is 111 Å². The molecule has 6 aromatic heterocycles. The van der Waals surface area contributed by atoms with Crippen LogP contribution in [0.15, 0.2) is 25.0 Å². The highest BCUT2D eigenvalue weighted by Gasteiger charge is 2.33. The van der Waals surface area contributed by atoms with E-state index in [9.17, 15) is 14.4 Å². The molecule has 4 atom stereocenters. The lowest BCUT2D eigenvalue weighted by Gasteiger charge is -2.23. The smallest absolute Gasteiger partial charge is 0.407 e. The highest BCUT2D eigenvalue weighted by molar-refractivity contribution is 6.64. The number of aryl methyl sites for hydroxylation is 4. The summed E-state index contributed by atoms with van der Waals surface area (Å²) in [6, 6.07) is 0.138. The van der Waals surface area contributed by atoms with Crippen LogP contribution < -0.4 is 20.1 Å². The van der Waals surface area contributed by atoms with Gasteiger partial charge in [-0.25, -0.2) is 24.7 Å². The van der Waals surface area contributed by atoms with Crippen LogP contribution in [0.3, 0.4) is 0 Å². The van der Waals surface area contributed by atoms with Crippen molar-refractivity contribution in [2.24, 2.45) is 25.9 Å². The zero-order chi connectivity index (χ0) is 52.7. The van der Waals surface area contributed by atoms with E-state index in [0.29, 0.717) is 61.3 Å². The topological polar surface area (TPSA) is 244 Å². The van der Waals surface area contributed by atoms with E-state index in [-0.39, 0.29) is 47.3 Å². The first-order valence-corrected chi connectivity index (χ1v) is 26.3. The lowest BCUT2D eigenvalue weighted by molar-refractivity contribution is -0.128. The molecule has 4 fully saturated rings. The molecule has 8 heterocycles. The lowest BCUT2D eigenvalue weighted by atomic mass is 9.99. The van der Waals surface area contributed by atoms with Crippen LogP contribution in [-0.2, 0) is 51.0 Å². The fraction of sp³-hybridized carbons (Fsp3) is 0.627. The molecule has 0 aromatic carbocycles. The number of carbonyl (C=O) groups is 3. The molecular formula is C51H71ClN14O8. The average molecular weight is 1040 g/mol. The van der Waals surface area contributed by atoms with Crippen molar-refractivity contribution in [1.29, 1.82) is 0 Å². The molecule has 2 N–H and O–H groups in total. The van der Waals surface area contributed by atoms with Crippen molar-refractivity contribution in [2.45, 2.75) is 156 Å². The Morgan fingerprint density at radius 2 is 1.11 bits per heavy atom. The molecule has 2 amide bonds. The van der Waals surface area contributed by atoms with Crippen molar-refractivity contribution in [3.8, 4) is 34.5 Å². The van der Waals surface area contributed by atoms with Gasteiger partial charge in [0.05, 0.1) is 23.5 Å². The number of imidazole rings is 2. The Balaban J connectivity index is 0.000000169. The average Bonchev–Trinajstić information content (AvgIpc) is 4.26. The molecule has 10 rings (SSSR count). The highest BCUT2D eigenvalue weighted by atomic mass is 35.5. The molecular weight excluding hydrogens is 972 g/mol. The minimum absolute atomic E-state index is 0.00834. The molecule has 22 nitrogen and oxygen atoms in total. The molecule has 4 unspecified atom stereocenters. The number of carbonyl (C=O) groups excluding carboxylic acids is 3. The summed E-state index contributed by atoms with van der Waals surface area (Å²) < 4.78 is 36.1. The molecule has 2 aliphatic carbocycles. The van der Waals surface area contributed by atoms with Crippen molar-refractivity contribution in [1.82, 2.24) is 69.2 Å². The Morgan fingerprint density at radius 1 is 0.662 bits per heavy atom. The number of nitrogens with zero attached hydrogens (tertiary/aromatic N) is 12. The predicted octanol–water partition coefficient (Wildman–Crippen LogP) is 6.96. The van der Waals surface area contributed by atoms with Gasteiger partial charge in [-0.2, -0.15) is 20.2 Å². The molecule has 0 radical (unpaired) electrons. The molecule has 0 spiro atoms. The number of ether oxygens (including phenoxy) is 5. The van der Waals surface area contributed by atoms with Gasteiger partial charge < -0.3 is 43.5 Å². The number of aromatic nitrogens is 12. The van der Waals surface area contributed by atoms with Crippen molar-refractivity contribution >= 4 is 51.2 Å². The summed E-state index contributed by atoms with van der Waals surface area (Å²) in [6.45, 7) is 18.1. The van der Waals surface area contributed by atoms with Gasteiger partial charge in [-0.1, -0.05) is 0 Å². The van der Waals surface area contributed by atoms with Crippen LogP contribution in [0, 0.1) is 25.7 Å². The molecule has 23 heteroatoms. The molecule has 74 heavy (non-hydrogen) atoms. The van der Waals surface area contributed by atoms with Crippen LogP contribution in [0.2, 0.25) is 0 Å². The van der Waals surface area contributed by atoms with Gasteiger partial charge in [-0.3, -0.25) is 19.0 Å². The van der Waals surface area contributed by atoms with Gasteiger partial charge in [-0.05, 0) is 111 Å². The zero-order valence-electron chi connectivity index (χ0n) is 44.1. The Hall–Kier alpha value is -6.26. The minimum atomic E-state index is -0.520. The maximum absolute atomic E-state index is 12.6. The monoisotopic (exact) mass is 1040 g/mol. The molecule has 0 bridgehead atoms. The predicted molar refractivity (Wildman–Crippen MR) is 275 cm³/mol. The van der Waals surface area contributed by atoms with Gasteiger partial charge in [0.15, 0.2) is 22.3 Å². The van der Waals surface area contributed by atoms with Crippen molar-refractivity contribution in [3.05, 3.63) is 36.4 Å². The Morgan fingerprint density at radius 3 is 1.51 bits per heavy atom. The molecule has 2 saturated heterocycles. The summed E-state index contributed by atoms with van der Waals surface area (Å²) in [4.78, 5) is 62.4. The third-order valence-electron chi connectivity index (χ3n) is 14.1.